The summed E-state index contributed by atoms with van der Waals surface area (Å²) in [7, 11) is 0. The lowest BCUT2D eigenvalue weighted by Crippen LogP contribution is -2.48. The second-order valence-corrected chi connectivity index (χ2v) is 7.59. The first-order valence-electron chi connectivity index (χ1n) is 7.51. The highest BCUT2D eigenvalue weighted by Gasteiger charge is 2.28. The van der Waals surface area contributed by atoms with Crippen molar-refractivity contribution in [3.05, 3.63) is 11.4 Å². The van der Waals surface area contributed by atoms with Crippen molar-refractivity contribution in [1.82, 2.24) is 14.9 Å². The van der Waals surface area contributed by atoms with Gasteiger partial charge >= 0.3 is 0 Å². The Balaban J connectivity index is 1.69. The number of nitrogens with zero attached hydrogens (tertiary/aromatic N) is 3. The Kier molecular flexibility index (Phi) is 4.54. The van der Waals surface area contributed by atoms with E-state index in [0.29, 0.717) is 28.8 Å². The number of nitrogen functional groups attached to an aromatic ring is 1. The summed E-state index contributed by atoms with van der Waals surface area (Å²) in [4.78, 5) is 24.2. The molecule has 0 saturated carbocycles. The number of thioether (sulfide) groups is 1. The molecule has 1 amide bonds. The molecule has 5 nitrogen and oxygen atoms in total. The second kappa shape index (κ2) is 6.42. The quantitative estimate of drug-likeness (QED) is 0.688. The first kappa shape index (κ1) is 15.6. The van der Waals surface area contributed by atoms with Crippen LogP contribution in [0.3, 0.4) is 0 Å². The second-order valence-electron chi connectivity index (χ2n) is 5.75. The van der Waals surface area contributed by atoms with Gasteiger partial charge in [0, 0.05) is 12.1 Å². The summed E-state index contributed by atoms with van der Waals surface area (Å²) < 4.78 is 0. The minimum atomic E-state index is 0.165. The molecule has 0 aliphatic carbocycles. The van der Waals surface area contributed by atoms with Gasteiger partial charge in [-0.3, -0.25) is 4.79 Å². The fraction of sp³-hybridized carbons (Fsp3) is 0.533. The molecule has 22 heavy (non-hydrogen) atoms. The van der Waals surface area contributed by atoms with Gasteiger partial charge in [-0.15, -0.1) is 11.3 Å². The molecule has 0 spiro atoms. The molecule has 2 atom stereocenters. The van der Waals surface area contributed by atoms with Crippen LogP contribution in [0.2, 0.25) is 0 Å². The molecule has 2 aromatic heterocycles. The van der Waals surface area contributed by atoms with Gasteiger partial charge in [0.2, 0.25) is 5.91 Å². The van der Waals surface area contributed by atoms with Crippen LogP contribution in [0.4, 0.5) is 5.82 Å². The van der Waals surface area contributed by atoms with Crippen molar-refractivity contribution in [2.75, 3.05) is 11.5 Å². The van der Waals surface area contributed by atoms with Crippen LogP contribution >= 0.6 is 23.1 Å². The van der Waals surface area contributed by atoms with E-state index in [2.05, 4.69) is 23.8 Å². The number of carbonyl (C=O) groups excluding carboxylic acids is 1. The van der Waals surface area contributed by atoms with Crippen LogP contribution in [0, 0.1) is 0 Å². The normalized spacial score (nSPS) is 22.2. The van der Waals surface area contributed by atoms with Gasteiger partial charge in [-0.2, -0.15) is 0 Å². The Morgan fingerprint density at radius 3 is 2.86 bits per heavy atom. The number of rotatable bonds is 3. The summed E-state index contributed by atoms with van der Waals surface area (Å²) in [5.41, 5.74) is 5.94. The van der Waals surface area contributed by atoms with E-state index < -0.39 is 0 Å². The number of aromatic nitrogens is 2. The van der Waals surface area contributed by atoms with E-state index >= 15 is 0 Å². The summed E-state index contributed by atoms with van der Waals surface area (Å²) in [6, 6.07) is 2.57. The van der Waals surface area contributed by atoms with Crippen LogP contribution in [0.5, 0.6) is 0 Å². The molecule has 7 heteroatoms. The number of piperidine rings is 1. The van der Waals surface area contributed by atoms with Gasteiger partial charge in [0.15, 0.2) is 5.16 Å². The van der Waals surface area contributed by atoms with E-state index in [0.717, 1.165) is 23.1 Å². The lowest BCUT2D eigenvalue weighted by atomic mass is 9.98. The molecule has 2 N–H and O–H groups in total. The zero-order valence-electron chi connectivity index (χ0n) is 12.8. The van der Waals surface area contributed by atoms with Crippen LogP contribution in [-0.2, 0) is 4.79 Å². The topological polar surface area (TPSA) is 72.1 Å². The van der Waals surface area contributed by atoms with E-state index in [1.54, 1.807) is 0 Å². The molecule has 1 fully saturated rings. The Labute approximate surface area is 138 Å². The van der Waals surface area contributed by atoms with Crippen molar-refractivity contribution in [3.8, 4) is 0 Å². The summed E-state index contributed by atoms with van der Waals surface area (Å²) >= 11 is 2.91. The Morgan fingerprint density at radius 2 is 2.14 bits per heavy atom. The number of thiophene rings is 1. The van der Waals surface area contributed by atoms with Gasteiger partial charge in [-0.05, 0) is 44.6 Å². The number of anilines is 1. The van der Waals surface area contributed by atoms with Gasteiger partial charge < -0.3 is 10.6 Å². The highest BCUT2D eigenvalue weighted by molar-refractivity contribution is 7.99. The average molecular weight is 336 g/mol. The molecule has 2 aromatic rings. The smallest absolute Gasteiger partial charge is 0.233 e. The third-order valence-electron chi connectivity index (χ3n) is 4.14. The van der Waals surface area contributed by atoms with Crippen LogP contribution < -0.4 is 5.73 Å². The zero-order chi connectivity index (χ0) is 15.7. The molecule has 1 saturated heterocycles. The standard InChI is InChI=1S/C15H20N4OS2/c1-9-4-3-5-10(2)19(9)12(20)8-22-15-17-13(16)11-6-7-21-14(11)18-15/h6-7,9-10H,3-5,8H2,1-2H3,(H2,16,17,18). The maximum atomic E-state index is 12.5. The van der Waals surface area contributed by atoms with Crippen LogP contribution in [0.1, 0.15) is 33.1 Å². The summed E-state index contributed by atoms with van der Waals surface area (Å²) in [5.74, 6) is 1.02. The molecule has 0 radical (unpaired) electrons. The van der Waals surface area contributed by atoms with Crippen LogP contribution in [-0.4, -0.2) is 38.6 Å². The number of hydrogen-bond acceptors (Lipinski definition) is 6. The molecular formula is C15H20N4OS2. The summed E-state index contributed by atoms with van der Waals surface area (Å²) in [6.45, 7) is 4.26. The fourth-order valence-corrected chi connectivity index (χ4v) is 4.59. The molecule has 1 aliphatic heterocycles. The van der Waals surface area contributed by atoms with Crippen molar-refractivity contribution in [2.24, 2.45) is 0 Å². The van der Waals surface area contributed by atoms with Gasteiger partial charge in [-0.25, -0.2) is 9.97 Å². The van der Waals surface area contributed by atoms with Gasteiger partial charge in [0.25, 0.3) is 0 Å². The molecule has 3 rings (SSSR count). The van der Waals surface area contributed by atoms with E-state index in [1.165, 1.54) is 29.5 Å². The largest absolute Gasteiger partial charge is 0.383 e. The Bertz CT molecular complexity index is 677. The van der Waals surface area contributed by atoms with Crippen LogP contribution in [0.25, 0.3) is 10.2 Å². The van der Waals surface area contributed by atoms with E-state index in [-0.39, 0.29) is 5.91 Å². The lowest BCUT2D eigenvalue weighted by Gasteiger charge is -2.39. The molecule has 118 valence electrons. The van der Waals surface area contributed by atoms with Gasteiger partial charge in [-0.1, -0.05) is 11.8 Å². The van der Waals surface area contributed by atoms with Gasteiger partial charge in [0.1, 0.15) is 10.6 Å². The molecule has 0 aromatic carbocycles. The van der Waals surface area contributed by atoms with Gasteiger partial charge in [0.05, 0.1) is 11.1 Å². The summed E-state index contributed by atoms with van der Waals surface area (Å²) in [6.07, 6.45) is 3.38. The number of amides is 1. The van der Waals surface area contributed by atoms with Crippen molar-refractivity contribution < 1.29 is 4.79 Å². The van der Waals surface area contributed by atoms with Crippen molar-refractivity contribution in [3.63, 3.8) is 0 Å². The highest BCUT2D eigenvalue weighted by atomic mass is 32.2. The number of likely N-dealkylation sites (tertiary alicyclic amines) is 1. The Hall–Kier alpha value is -1.34. The number of carbonyl (C=O) groups is 1. The monoisotopic (exact) mass is 336 g/mol. The number of nitrogens with two attached hydrogens (primary N) is 1. The fourth-order valence-electron chi connectivity index (χ4n) is 3.04. The maximum Gasteiger partial charge on any atom is 0.233 e. The first-order chi connectivity index (χ1) is 10.6. The number of fused-ring (bicyclic) bond motifs is 1. The molecular weight excluding hydrogens is 316 g/mol. The molecule has 2 unspecified atom stereocenters. The Morgan fingerprint density at radius 1 is 1.41 bits per heavy atom. The summed E-state index contributed by atoms with van der Waals surface area (Å²) in [5, 5.41) is 3.42. The first-order valence-corrected chi connectivity index (χ1v) is 9.37. The maximum absolute atomic E-state index is 12.5. The third-order valence-corrected chi connectivity index (χ3v) is 5.78. The zero-order valence-corrected chi connectivity index (χ0v) is 14.4. The molecule has 1 aliphatic rings. The van der Waals surface area contributed by atoms with E-state index in [1.807, 2.05) is 16.3 Å². The minimum Gasteiger partial charge on any atom is -0.383 e. The third kappa shape index (κ3) is 3.05. The predicted octanol–water partition coefficient (Wildman–Crippen LogP) is 3.16. The van der Waals surface area contributed by atoms with Crippen molar-refractivity contribution in [1.29, 1.82) is 0 Å². The SMILES string of the molecule is CC1CCCC(C)N1C(=O)CSc1nc(N)c2ccsc2n1. The number of hydrogen-bond donors (Lipinski definition) is 1. The average Bonchev–Trinajstić information content (AvgIpc) is 2.94. The lowest BCUT2D eigenvalue weighted by molar-refractivity contribution is -0.134. The van der Waals surface area contributed by atoms with Crippen LogP contribution in [0.15, 0.2) is 16.6 Å². The molecule has 3 heterocycles. The van der Waals surface area contributed by atoms with Crippen molar-refractivity contribution >= 4 is 45.0 Å². The molecule has 0 bridgehead atoms. The van der Waals surface area contributed by atoms with Crippen molar-refractivity contribution in [2.45, 2.75) is 50.4 Å². The minimum absolute atomic E-state index is 0.165. The highest BCUT2D eigenvalue weighted by Crippen LogP contribution is 2.28. The van der Waals surface area contributed by atoms with E-state index in [9.17, 15) is 4.79 Å². The predicted molar refractivity (Wildman–Crippen MR) is 92.2 cm³/mol. The van der Waals surface area contributed by atoms with E-state index in [4.69, 9.17) is 5.73 Å².